The van der Waals surface area contributed by atoms with Gasteiger partial charge in [0.2, 0.25) is 0 Å². The summed E-state index contributed by atoms with van der Waals surface area (Å²) in [5.74, 6) is 0.816. The Morgan fingerprint density at radius 1 is 1.64 bits per heavy atom. The van der Waals surface area contributed by atoms with Crippen LogP contribution in [0.25, 0.3) is 0 Å². The number of methoxy groups -OCH3 is 1. The summed E-state index contributed by atoms with van der Waals surface area (Å²) in [6.07, 6.45) is -0.384. The van der Waals surface area contributed by atoms with Gasteiger partial charge in [-0.3, -0.25) is 0 Å². The molecule has 0 amide bonds. The molecular weight excluding hydrogens is 162 g/mol. The molecule has 3 nitrogen and oxygen atoms in total. The van der Waals surface area contributed by atoms with Gasteiger partial charge in [0.1, 0.15) is 0 Å². The summed E-state index contributed by atoms with van der Waals surface area (Å²) < 4.78 is 4.79. The van der Waals surface area contributed by atoms with Gasteiger partial charge in [0, 0.05) is 26.0 Å². The van der Waals surface area contributed by atoms with Gasteiger partial charge in [-0.2, -0.15) is 12.6 Å². The molecule has 11 heavy (non-hydrogen) atoms. The standard InChI is InChI=1S/C7H17NO2S/c1-8(3-4-11)5-7(9)6-10-2/h7,9,11H,3-6H2,1-2H3. The lowest BCUT2D eigenvalue weighted by molar-refractivity contribution is 0.0445. The van der Waals surface area contributed by atoms with Crippen LogP contribution in [0.3, 0.4) is 0 Å². The van der Waals surface area contributed by atoms with Crippen molar-refractivity contribution < 1.29 is 9.84 Å². The lowest BCUT2D eigenvalue weighted by atomic mass is 10.3. The minimum absolute atomic E-state index is 0.384. The number of aliphatic hydroxyl groups is 1. The van der Waals surface area contributed by atoms with Crippen LogP contribution in [-0.4, -0.2) is 55.7 Å². The van der Waals surface area contributed by atoms with Gasteiger partial charge in [0.05, 0.1) is 12.7 Å². The van der Waals surface area contributed by atoms with E-state index in [0.717, 1.165) is 12.3 Å². The lowest BCUT2D eigenvalue weighted by Gasteiger charge is -2.18. The van der Waals surface area contributed by atoms with Gasteiger partial charge < -0.3 is 14.7 Å². The van der Waals surface area contributed by atoms with E-state index in [1.807, 2.05) is 11.9 Å². The van der Waals surface area contributed by atoms with E-state index in [1.165, 1.54) is 0 Å². The number of thiol groups is 1. The molecule has 0 aromatic rings. The number of nitrogens with zero attached hydrogens (tertiary/aromatic N) is 1. The van der Waals surface area contributed by atoms with E-state index >= 15 is 0 Å². The second kappa shape index (κ2) is 6.91. The van der Waals surface area contributed by atoms with Gasteiger partial charge in [-0.1, -0.05) is 0 Å². The highest BCUT2D eigenvalue weighted by Crippen LogP contribution is 1.90. The van der Waals surface area contributed by atoms with Crippen LogP contribution >= 0.6 is 12.6 Å². The first-order chi connectivity index (χ1) is 5.20. The molecule has 1 N–H and O–H groups in total. The van der Waals surface area contributed by atoms with E-state index in [-0.39, 0.29) is 6.10 Å². The summed E-state index contributed by atoms with van der Waals surface area (Å²) in [5, 5.41) is 9.25. The van der Waals surface area contributed by atoms with Crippen molar-refractivity contribution in [3.05, 3.63) is 0 Å². The topological polar surface area (TPSA) is 32.7 Å². The van der Waals surface area contributed by atoms with Crippen LogP contribution < -0.4 is 0 Å². The molecule has 0 saturated heterocycles. The molecule has 0 bridgehead atoms. The highest BCUT2D eigenvalue weighted by atomic mass is 32.1. The molecule has 0 aliphatic carbocycles. The van der Waals surface area contributed by atoms with Crippen LogP contribution in [0.5, 0.6) is 0 Å². The Labute approximate surface area is 73.8 Å². The molecule has 0 aromatic heterocycles. The summed E-state index contributed by atoms with van der Waals surface area (Å²) >= 11 is 4.08. The zero-order valence-corrected chi connectivity index (χ0v) is 8.05. The fraction of sp³-hybridized carbons (Fsp3) is 1.00. The number of hydrogen-bond donors (Lipinski definition) is 2. The molecule has 0 spiro atoms. The summed E-state index contributed by atoms with van der Waals surface area (Å²) in [6, 6.07) is 0. The Morgan fingerprint density at radius 3 is 2.73 bits per heavy atom. The fourth-order valence-electron chi connectivity index (χ4n) is 0.867. The number of hydrogen-bond acceptors (Lipinski definition) is 4. The predicted molar refractivity (Wildman–Crippen MR) is 49.2 cm³/mol. The van der Waals surface area contributed by atoms with Crippen LogP contribution in [-0.2, 0) is 4.74 Å². The Morgan fingerprint density at radius 2 is 2.27 bits per heavy atom. The Balaban J connectivity index is 3.32. The summed E-state index contributed by atoms with van der Waals surface area (Å²) in [5.41, 5.74) is 0. The van der Waals surface area contributed by atoms with Gasteiger partial charge in [-0.15, -0.1) is 0 Å². The van der Waals surface area contributed by atoms with Crippen LogP contribution in [0.1, 0.15) is 0 Å². The Hall–Kier alpha value is 0.230. The Bertz CT molecular complexity index is 82.5. The summed E-state index contributed by atoms with van der Waals surface area (Å²) in [6.45, 7) is 1.94. The quantitative estimate of drug-likeness (QED) is 0.557. The smallest absolute Gasteiger partial charge is 0.0899 e. The van der Waals surface area contributed by atoms with Crippen molar-refractivity contribution in [1.29, 1.82) is 0 Å². The maximum atomic E-state index is 9.25. The van der Waals surface area contributed by atoms with Gasteiger partial charge >= 0.3 is 0 Å². The first-order valence-corrected chi connectivity index (χ1v) is 4.30. The van der Waals surface area contributed by atoms with Gasteiger partial charge in [0.15, 0.2) is 0 Å². The molecule has 0 radical (unpaired) electrons. The van der Waals surface area contributed by atoms with E-state index in [2.05, 4.69) is 12.6 Å². The molecule has 0 aromatic carbocycles. The maximum absolute atomic E-state index is 9.25. The average molecular weight is 179 g/mol. The van der Waals surface area contributed by atoms with Gasteiger partial charge in [-0.05, 0) is 7.05 Å². The number of ether oxygens (including phenoxy) is 1. The molecule has 1 unspecified atom stereocenters. The summed E-state index contributed by atoms with van der Waals surface area (Å²) in [4.78, 5) is 2.02. The number of likely N-dealkylation sites (N-methyl/N-ethyl adjacent to an activating group) is 1. The number of rotatable bonds is 6. The maximum Gasteiger partial charge on any atom is 0.0899 e. The van der Waals surface area contributed by atoms with Crippen molar-refractivity contribution in [3.8, 4) is 0 Å². The third kappa shape index (κ3) is 6.62. The zero-order chi connectivity index (χ0) is 8.69. The SMILES string of the molecule is COCC(O)CN(C)CCS. The second-order valence-corrected chi connectivity index (χ2v) is 3.04. The monoisotopic (exact) mass is 179 g/mol. The molecule has 0 rings (SSSR count). The van der Waals surface area contributed by atoms with Crippen molar-refractivity contribution in [2.75, 3.05) is 39.6 Å². The minimum atomic E-state index is -0.384. The predicted octanol–water partition coefficient (Wildman–Crippen LogP) is -0.145. The van der Waals surface area contributed by atoms with Gasteiger partial charge in [0.25, 0.3) is 0 Å². The van der Waals surface area contributed by atoms with Gasteiger partial charge in [-0.25, -0.2) is 0 Å². The minimum Gasteiger partial charge on any atom is -0.389 e. The van der Waals surface area contributed by atoms with Crippen molar-refractivity contribution in [2.45, 2.75) is 6.10 Å². The normalized spacial score (nSPS) is 13.9. The third-order valence-corrected chi connectivity index (χ3v) is 1.56. The average Bonchev–Trinajstić information content (AvgIpc) is 1.87. The molecule has 0 aliphatic rings. The summed E-state index contributed by atoms with van der Waals surface area (Å²) in [7, 11) is 3.54. The van der Waals surface area contributed by atoms with E-state index in [4.69, 9.17) is 4.74 Å². The van der Waals surface area contributed by atoms with Crippen LogP contribution in [0.2, 0.25) is 0 Å². The zero-order valence-electron chi connectivity index (χ0n) is 7.16. The lowest BCUT2D eigenvalue weighted by Crippen LogP contribution is -2.33. The highest BCUT2D eigenvalue weighted by molar-refractivity contribution is 7.80. The molecule has 0 heterocycles. The molecule has 1 atom stereocenters. The van der Waals surface area contributed by atoms with E-state index < -0.39 is 0 Å². The molecule has 4 heteroatoms. The molecule has 0 aliphatic heterocycles. The van der Waals surface area contributed by atoms with Crippen LogP contribution in [0, 0.1) is 0 Å². The molecule has 68 valence electrons. The number of aliphatic hydroxyl groups excluding tert-OH is 1. The second-order valence-electron chi connectivity index (χ2n) is 2.60. The first kappa shape index (κ1) is 11.2. The molecule has 0 saturated carbocycles. The van der Waals surface area contributed by atoms with Crippen LogP contribution in [0.15, 0.2) is 0 Å². The molecule has 0 fully saturated rings. The van der Waals surface area contributed by atoms with E-state index in [0.29, 0.717) is 13.2 Å². The Kier molecular flexibility index (Phi) is 7.06. The van der Waals surface area contributed by atoms with E-state index in [1.54, 1.807) is 7.11 Å². The third-order valence-electron chi connectivity index (χ3n) is 1.36. The first-order valence-electron chi connectivity index (χ1n) is 3.67. The largest absolute Gasteiger partial charge is 0.389 e. The van der Waals surface area contributed by atoms with Crippen LogP contribution in [0.4, 0.5) is 0 Å². The van der Waals surface area contributed by atoms with Crippen molar-refractivity contribution in [3.63, 3.8) is 0 Å². The van der Waals surface area contributed by atoms with Crippen molar-refractivity contribution in [1.82, 2.24) is 4.90 Å². The highest BCUT2D eigenvalue weighted by Gasteiger charge is 2.05. The van der Waals surface area contributed by atoms with Crippen molar-refractivity contribution in [2.24, 2.45) is 0 Å². The fourth-order valence-corrected chi connectivity index (χ4v) is 1.21. The van der Waals surface area contributed by atoms with Crippen molar-refractivity contribution >= 4 is 12.6 Å². The molecular formula is C7H17NO2S. The van der Waals surface area contributed by atoms with E-state index in [9.17, 15) is 5.11 Å².